The van der Waals surface area contributed by atoms with E-state index in [4.69, 9.17) is 0 Å². The summed E-state index contributed by atoms with van der Waals surface area (Å²) in [5.41, 5.74) is 3.76. The van der Waals surface area contributed by atoms with Gasteiger partial charge in [-0.15, -0.1) is 0 Å². The van der Waals surface area contributed by atoms with Crippen LogP contribution >= 0.6 is 0 Å². The number of amides is 1. The van der Waals surface area contributed by atoms with E-state index in [1.54, 1.807) is 30.6 Å². The summed E-state index contributed by atoms with van der Waals surface area (Å²) in [5, 5.41) is 12.2. The molecule has 0 bridgehead atoms. The van der Waals surface area contributed by atoms with Crippen LogP contribution in [0.2, 0.25) is 0 Å². The van der Waals surface area contributed by atoms with Crippen LogP contribution in [0.25, 0.3) is 11.3 Å². The highest BCUT2D eigenvalue weighted by Gasteiger charge is 2.17. The first-order valence-electron chi connectivity index (χ1n) is 8.61. The number of nitriles is 1. The first-order valence-corrected chi connectivity index (χ1v) is 8.61. The van der Waals surface area contributed by atoms with Crippen molar-refractivity contribution in [3.05, 3.63) is 77.7 Å². The molecule has 0 saturated heterocycles. The summed E-state index contributed by atoms with van der Waals surface area (Å²) in [6.45, 7) is 6.42. The van der Waals surface area contributed by atoms with Crippen LogP contribution in [0.3, 0.4) is 0 Å². The quantitative estimate of drug-likeness (QED) is 0.746. The van der Waals surface area contributed by atoms with E-state index in [-0.39, 0.29) is 11.3 Å². The van der Waals surface area contributed by atoms with Crippen LogP contribution in [0.5, 0.6) is 0 Å². The second kappa shape index (κ2) is 7.38. The summed E-state index contributed by atoms with van der Waals surface area (Å²) < 4.78 is 0. The predicted molar refractivity (Wildman–Crippen MR) is 105 cm³/mol. The van der Waals surface area contributed by atoms with E-state index in [0.717, 1.165) is 0 Å². The van der Waals surface area contributed by atoms with Gasteiger partial charge in [-0.1, -0.05) is 32.9 Å². The molecule has 0 unspecified atom stereocenters. The number of carbonyl (C=O) groups excluding carboxylic acids is 1. The lowest BCUT2D eigenvalue weighted by atomic mass is 9.87. The van der Waals surface area contributed by atoms with Gasteiger partial charge in [0.1, 0.15) is 6.07 Å². The number of aromatic nitrogens is 2. The molecule has 134 valence electrons. The summed E-state index contributed by atoms with van der Waals surface area (Å²) in [4.78, 5) is 21.2. The summed E-state index contributed by atoms with van der Waals surface area (Å²) in [6.07, 6.45) is 4.67. The lowest BCUT2D eigenvalue weighted by Gasteiger charge is -2.19. The Kier molecular flexibility index (Phi) is 5.00. The number of nitrogens with zero attached hydrogens (tertiary/aromatic N) is 3. The molecule has 1 amide bonds. The third-order valence-corrected chi connectivity index (χ3v) is 4.26. The van der Waals surface area contributed by atoms with Gasteiger partial charge in [0.2, 0.25) is 0 Å². The number of nitrogens with one attached hydrogen (secondary N) is 1. The largest absolute Gasteiger partial charge is 0.322 e. The zero-order valence-corrected chi connectivity index (χ0v) is 15.5. The van der Waals surface area contributed by atoms with Crippen molar-refractivity contribution in [3.63, 3.8) is 0 Å². The Labute approximate surface area is 158 Å². The number of hydrogen-bond donors (Lipinski definition) is 1. The fourth-order valence-corrected chi connectivity index (χ4v) is 2.74. The van der Waals surface area contributed by atoms with Gasteiger partial charge in [0, 0.05) is 29.8 Å². The van der Waals surface area contributed by atoms with Crippen molar-refractivity contribution in [2.75, 3.05) is 5.32 Å². The molecule has 0 saturated carbocycles. The van der Waals surface area contributed by atoms with Crippen LogP contribution in [0.15, 0.2) is 61.1 Å². The molecule has 0 aliphatic carbocycles. The van der Waals surface area contributed by atoms with Crippen molar-refractivity contribution in [2.24, 2.45) is 0 Å². The van der Waals surface area contributed by atoms with Crippen LogP contribution in [0.1, 0.15) is 42.3 Å². The van der Waals surface area contributed by atoms with Gasteiger partial charge in [-0.05, 0) is 41.3 Å². The number of benzene rings is 1. The summed E-state index contributed by atoms with van der Waals surface area (Å²) in [7, 11) is 0. The lowest BCUT2D eigenvalue weighted by Crippen LogP contribution is -2.15. The molecule has 0 radical (unpaired) electrons. The molecule has 0 fully saturated rings. The molecule has 27 heavy (non-hydrogen) atoms. The summed E-state index contributed by atoms with van der Waals surface area (Å²) in [5.74, 6) is -0.295. The highest BCUT2D eigenvalue weighted by atomic mass is 16.1. The molecular formula is C22H20N4O. The van der Waals surface area contributed by atoms with E-state index < -0.39 is 0 Å². The van der Waals surface area contributed by atoms with E-state index in [1.165, 1.54) is 11.8 Å². The van der Waals surface area contributed by atoms with Gasteiger partial charge >= 0.3 is 0 Å². The number of pyridine rings is 2. The Morgan fingerprint density at radius 2 is 1.81 bits per heavy atom. The standard InChI is InChI=1S/C22H20N4O/c1-22(2,3)16-6-8-17(9-7-16)26-21(27)19-14-24-12-10-18(19)20-15(13-23)5-4-11-25-20/h4-12,14H,1-3H3,(H,26,27). The molecule has 0 atom stereocenters. The van der Waals surface area contributed by atoms with Crippen molar-refractivity contribution in [1.82, 2.24) is 9.97 Å². The maximum absolute atomic E-state index is 12.8. The van der Waals surface area contributed by atoms with Crippen LogP contribution in [0.4, 0.5) is 5.69 Å². The maximum atomic E-state index is 12.8. The molecule has 1 aromatic carbocycles. The monoisotopic (exact) mass is 356 g/mol. The van der Waals surface area contributed by atoms with Crippen molar-refractivity contribution in [3.8, 4) is 17.3 Å². The minimum atomic E-state index is -0.295. The highest BCUT2D eigenvalue weighted by Crippen LogP contribution is 2.26. The van der Waals surface area contributed by atoms with Crippen LogP contribution in [-0.4, -0.2) is 15.9 Å². The minimum absolute atomic E-state index is 0.0474. The molecule has 5 heteroatoms. The van der Waals surface area contributed by atoms with Gasteiger partial charge in [0.25, 0.3) is 5.91 Å². The molecule has 2 aromatic heterocycles. The first-order chi connectivity index (χ1) is 12.9. The normalized spacial score (nSPS) is 10.9. The molecule has 3 aromatic rings. The van der Waals surface area contributed by atoms with Gasteiger partial charge in [0.05, 0.1) is 16.8 Å². The molecule has 0 spiro atoms. The molecule has 5 nitrogen and oxygen atoms in total. The van der Waals surface area contributed by atoms with Gasteiger partial charge in [0.15, 0.2) is 0 Å². The SMILES string of the molecule is CC(C)(C)c1ccc(NC(=O)c2cnccc2-c2ncccc2C#N)cc1. The third-order valence-electron chi connectivity index (χ3n) is 4.26. The van der Waals surface area contributed by atoms with E-state index in [1.807, 2.05) is 24.3 Å². The Balaban J connectivity index is 1.92. The van der Waals surface area contributed by atoms with Gasteiger partial charge in [-0.3, -0.25) is 14.8 Å². The number of hydrogen-bond acceptors (Lipinski definition) is 4. The minimum Gasteiger partial charge on any atom is -0.322 e. The van der Waals surface area contributed by atoms with Gasteiger partial charge in [-0.2, -0.15) is 5.26 Å². The van der Waals surface area contributed by atoms with Crippen molar-refractivity contribution in [2.45, 2.75) is 26.2 Å². The first kappa shape index (κ1) is 18.3. The van der Waals surface area contributed by atoms with E-state index in [0.29, 0.717) is 28.1 Å². The molecular weight excluding hydrogens is 336 g/mol. The second-order valence-corrected chi connectivity index (χ2v) is 7.21. The number of rotatable bonds is 3. The fourth-order valence-electron chi connectivity index (χ4n) is 2.74. The fraction of sp³-hybridized carbons (Fsp3) is 0.182. The molecule has 3 rings (SSSR count). The molecule has 2 heterocycles. The second-order valence-electron chi connectivity index (χ2n) is 7.21. The van der Waals surface area contributed by atoms with Crippen LogP contribution in [-0.2, 0) is 5.41 Å². The van der Waals surface area contributed by atoms with Crippen molar-refractivity contribution in [1.29, 1.82) is 5.26 Å². The zero-order valence-electron chi connectivity index (χ0n) is 15.5. The Bertz CT molecular complexity index is 1010. The average molecular weight is 356 g/mol. The van der Waals surface area contributed by atoms with E-state index >= 15 is 0 Å². The molecule has 0 aliphatic rings. The lowest BCUT2D eigenvalue weighted by molar-refractivity contribution is 0.102. The van der Waals surface area contributed by atoms with Crippen molar-refractivity contribution >= 4 is 11.6 Å². The third kappa shape index (κ3) is 4.01. The van der Waals surface area contributed by atoms with E-state index in [2.05, 4.69) is 42.1 Å². The topological polar surface area (TPSA) is 78.7 Å². The molecule has 1 N–H and O–H groups in total. The van der Waals surface area contributed by atoms with Crippen LogP contribution < -0.4 is 5.32 Å². The van der Waals surface area contributed by atoms with Crippen LogP contribution in [0, 0.1) is 11.3 Å². The summed E-state index contributed by atoms with van der Waals surface area (Å²) in [6, 6.07) is 15.0. The Hall–Kier alpha value is -3.52. The zero-order chi connectivity index (χ0) is 19.4. The maximum Gasteiger partial charge on any atom is 0.257 e. The predicted octanol–water partition coefficient (Wildman–Crippen LogP) is 4.57. The number of anilines is 1. The van der Waals surface area contributed by atoms with E-state index in [9.17, 15) is 10.1 Å². The average Bonchev–Trinajstić information content (AvgIpc) is 2.67. The summed E-state index contributed by atoms with van der Waals surface area (Å²) >= 11 is 0. The van der Waals surface area contributed by atoms with Gasteiger partial charge < -0.3 is 5.32 Å². The molecule has 0 aliphatic heterocycles. The highest BCUT2D eigenvalue weighted by molar-refractivity contribution is 6.08. The van der Waals surface area contributed by atoms with Crippen molar-refractivity contribution < 1.29 is 4.79 Å². The van der Waals surface area contributed by atoms with Gasteiger partial charge in [-0.25, -0.2) is 0 Å². The smallest absolute Gasteiger partial charge is 0.257 e. The Morgan fingerprint density at radius 3 is 2.48 bits per heavy atom. The number of carbonyl (C=O) groups is 1. The Morgan fingerprint density at radius 1 is 1.07 bits per heavy atom.